The van der Waals surface area contributed by atoms with Crippen LogP contribution in [0.5, 0.6) is 11.5 Å². The molecular weight excluding hydrogens is 414 g/mol. The third-order valence-corrected chi connectivity index (χ3v) is 8.57. The lowest BCUT2D eigenvalue weighted by molar-refractivity contribution is 0.183. The fourth-order valence-corrected chi connectivity index (χ4v) is 6.84. The highest BCUT2D eigenvalue weighted by Crippen LogP contribution is 2.44. The van der Waals surface area contributed by atoms with Gasteiger partial charge in [-0.05, 0) is 98.0 Å². The van der Waals surface area contributed by atoms with Crippen molar-refractivity contribution in [2.75, 3.05) is 26.2 Å². The first-order chi connectivity index (χ1) is 15.8. The van der Waals surface area contributed by atoms with Crippen LogP contribution in [-0.2, 0) is 6.42 Å². The first-order valence-electron chi connectivity index (χ1n) is 12.4. The predicted octanol–water partition coefficient (Wildman–Crippen LogP) is 7.11. The summed E-state index contributed by atoms with van der Waals surface area (Å²) in [7, 11) is 0. The van der Waals surface area contributed by atoms with Crippen molar-refractivity contribution in [2.24, 2.45) is 0 Å². The van der Waals surface area contributed by atoms with E-state index >= 15 is 0 Å². The van der Waals surface area contributed by atoms with Gasteiger partial charge in [-0.3, -0.25) is 4.90 Å². The van der Waals surface area contributed by atoms with Crippen LogP contribution in [-0.4, -0.2) is 36.2 Å². The molecule has 0 atom stereocenters. The molecule has 2 aromatic carbocycles. The number of piperidine rings is 1. The Morgan fingerprint density at radius 2 is 1.66 bits per heavy atom. The number of aromatic hydroxyl groups is 1. The number of hydrogen-bond donors (Lipinski definition) is 1. The second-order valence-corrected chi connectivity index (χ2v) is 10.6. The number of rotatable bonds is 7. The van der Waals surface area contributed by atoms with E-state index in [0.29, 0.717) is 11.7 Å². The number of thiophene rings is 1. The minimum absolute atomic E-state index is 0.367. The van der Waals surface area contributed by atoms with E-state index in [1.807, 2.05) is 23.5 Å². The molecule has 32 heavy (non-hydrogen) atoms. The molecule has 4 heteroatoms. The Hall–Kier alpha value is -2.04. The number of fused-ring (bicyclic) bond motifs is 1. The zero-order chi connectivity index (χ0) is 21.8. The van der Waals surface area contributed by atoms with E-state index in [9.17, 15) is 5.11 Å². The Balaban J connectivity index is 1.29. The van der Waals surface area contributed by atoms with Gasteiger partial charge in [0.2, 0.25) is 0 Å². The smallest absolute Gasteiger partial charge is 0.119 e. The highest BCUT2D eigenvalue weighted by atomic mass is 32.1. The number of ether oxygens (including phenoxy) is 1. The molecule has 0 radical (unpaired) electrons. The summed E-state index contributed by atoms with van der Waals surface area (Å²) in [4.78, 5) is 4.07. The van der Waals surface area contributed by atoms with Gasteiger partial charge in [0.25, 0.3) is 0 Å². The molecule has 0 unspecified atom stereocenters. The maximum atomic E-state index is 10.0. The van der Waals surface area contributed by atoms with Crippen molar-refractivity contribution in [2.45, 2.75) is 63.7 Å². The van der Waals surface area contributed by atoms with Crippen LogP contribution in [0, 0.1) is 0 Å². The topological polar surface area (TPSA) is 32.7 Å². The summed E-state index contributed by atoms with van der Waals surface area (Å²) in [6, 6.07) is 14.6. The number of phenols is 1. The van der Waals surface area contributed by atoms with Crippen molar-refractivity contribution >= 4 is 21.4 Å². The van der Waals surface area contributed by atoms with Gasteiger partial charge in [0.1, 0.15) is 18.1 Å². The van der Waals surface area contributed by atoms with Gasteiger partial charge in [-0.2, -0.15) is 0 Å². The molecule has 3 aromatic rings. The molecule has 170 valence electrons. The molecule has 1 aliphatic heterocycles. The van der Waals surface area contributed by atoms with Gasteiger partial charge in [-0.25, -0.2) is 0 Å². The van der Waals surface area contributed by atoms with Gasteiger partial charge in [-0.1, -0.05) is 37.8 Å². The van der Waals surface area contributed by atoms with Crippen LogP contribution in [0.4, 0.5) is 0 Å². The summed E-state index contributed by atoms with van der Waals surface area (Å²) in [6.07, 6.45) is 11.6. The van der Waals surface area contributed by atoms with Crippen LogP contribution < -0.4 is 4.74 Å². The van der Waals surface area contributed by atoms with E-state index < -0.39 is 0 Å². The average molecular weight is 450 g/mol. The number of likely N-dealkylation sites (tertiary alicyclic amines) is 1. The van der Waals surface area contributed by atoms with Gasteiger partial charge in [-0.15, -0.1) is 11.3 Å². The van der Waals surface area contributed by atoms with Crippen LogP contribution in [0.3, 0.4) is 0 Å². The molecule has 3 nitrogen and oxygen atoms in total. The minimum atomic E-state index is 0.367. The molecule has 1 saturated carbocycles. The zero-order valence-corrected chi connectivity index (χ0v) is 19.8. The average Bonchev–Trinajstić information content (AvgIpc) is 3.18. The van der Waals surface area contributed by atoms with Crippen molar-refractivity contribution in [3.05, 3.63) is 58.5 Å². The van der Waals surface area contributed by atoms with Crippen molar-refractivity contribution in [1.82, 2.24) is 4.90 Å². The van der Waals surface area contributed by atoms with Gasteiger partial charge in [0.15, 0.2) is 0 Å². The number of nitrogens with zero attached hydrogens (tertiary/aromatic N) is 1. The quantitative estimate of drug-likeness (QED) is 0.417. The molecule has 2 aliphatic rings. The lowest BCUT2D eigenvalue weighted by atomic mass is 9.85. The highest BCUT2D eigenvalue weighted by Gasteiger charge is 2.23. The lowest BCUT2D eigenvalue weighted by Crippen LogP contribution is -2.33. The SMILES string of the molecule is Oc1ccc2c(Cc3ccc(OCCN4CCCCC4)cc3)c(C3CCCCC3)sc2c1. The molecule has 0 amide bonds. The molecule has 5 rings (SSSR count). The second kappa shape index (κ2) is 10.3. The Bertz CT molecular complexity index is 1010. The Morgan fingerprint density at radius 3 is 2.44 bits per heavy atom. The van der Waals surface area contributed by atoms with Crippen LogP contribution in [0.15, 0.2) is 42.5 Å². The number of hydrogen-bond acceptors (Lipinski definition) is 4. The minimum Gasteiger partial charge on any atom is -0.508 e. The molecule has 2 heterocycles. The lowest BCUT2D eigenvalue weighted by Gasteiger charge is -2.26. The first-order valence-corrected chi connectivity index (χ1v) is 13.3. The number of benzene rings is 2. The van der Waals surface area contributed by atoms with Crippen LogP contribution in [0.1, 0.15) is 73.3 Å². The summed E-state index contributed by atoms with van der Waals surface area (Å²) in [5.74, 6) is 2.01. The third kappa shape index (κ3) is 5.13. The fraction of sp³-hybridized carbons (Fsp3) is 0.500. The molecule has 2 fully saturated rings. The van der Waals surface area contributed by atoms with Crippen molar-refractivity contribution in [3.8, 4) is 11.5 Å². The maximum Gasteiger partial charge on any atom is 0.119 e. The molecule has 1 N–H and O–H groups in total. The predicted molar refractivity (Wildman–Crippen MR) is 134 cm³/mol. The van der Waals surface area contributed by atoms with Gasteiger partial charge in [0, 0.05) is 16.1 Å². The van der Waals surface area contributed by atoms with Gasteiger partial charge in [0.05, 0.1) is 0 Å². The van der Waals surface area contributed by atoms with Crippen LogP contribution in [0.2, 0.25) is 0 Å². The van der Waals surface area contributed by atoms with E-state index in [1.165, 1.54) is 85.7 Å². The Kier molecular flexibility index (Phi) is 6.99. The largest absolute Gasteiger partial charge is 0.508 e. The third-order valence-electron chi connectivity index (χ3n) is 7.21. The van der Waals surface area contributed by atoms with Gasteiger partial charge < -0.3 is 9.84 Å². The second-order valence-electron chi connectivity index (χ2n) is 9.53. The highest BCUT2D eigenvalue weighted by molar-refractivity contribution is 7.19. The van der Waals surface area contributed by atoms with Crippen molar-refractivity contribution in [1.29, 1.82) is 0 Å². The van der Waals surface area contributed by atoms with E-state index in [-0.39, 0.29) is 0 Å². The summed E-state index contributed by atoms with van der Waals surface area (Å²) >= 11 is 1.90. The van der Waals surface area contributed by atoms with Crippen LogP contribution in [0.25, 0.3) is 10.1 Å². The summed E-state index contributed by atoms with van der Waals surface area (Å²) in [5.41, 5.74) is 2.80. The van der Waals surface area contributed by atoms with E-state index in [1.54, 1.807) is 4.88 Å². The maximum absolute atomic E-state index is 10.0. The molecule has 1 aliphatic carbocycles. The van der Waals surface area contributed by atoms with Crippen molar-refractivity contribution < 1.29 is 9.84 Å². The van der Waals surface area contributed by atoms with E-state index in [2.05, 4.69) is 35.2 Å². The van der Waals surface area contributed by atoms with Gasteiger partial charge >= 0.3 is 0 Å². The molecule has 0 bridgehead atoms. The van der Waals surface area contributed by atoms with Crippen molar-refractivity contribution in [3.63, 3.8) is 0 Å². The molecule has 0 spiro atoms. The first kappa shape index (κ1) is 21.8. The Morgan fingerprint density at radius 1 is 0.906 bits per heavy atom. The standard InChI is InChI=1S/C28H35NO2S/c30-23-11-14-25-26(28(32-27(25)20-23)22-7-3-1-4-8-22)19-21-9-12-24(13-10-21)31-18-17-29-15-5-2-6-16-29/h9-14,20,22,30H,1-8,15-19H2. The molecular formula is C28H35NO2S. The van der Waals surface area contributed by atoms with Crippen LogP contribution >= 0.6 is 11.3 Å². The normalized spacial score (nSPS) is 18.2. The zero-order valence-electron chi connectivity index (χ0n) is 19.0. The van der Waals surface area contributed by atoms with E-state index in [0.717, 1.165) is 25.3 Å². The fourth-order valence-electron chi connectivity index (χ4n) is 5.42. The Labute approximate surface area is 196 Å². The summed E-state index contributed by atoms with van der Waals surface area (Å²) in [6.45, 7) is 4.24. The summed E-state index contributed by atoms with van der Waals surface area (Å²) < 4.78 is 7.25. The monoisotopic (exact) mass is 449 g/mol. The summed E-state index contributed by atoms with van der Waals surface area (Å²) in [5, 5.41) is 11.3. The van der Waals surface area contributed by atoms with E-state index in [4.69, 9.17) is 4.74 Å². The molecule has 1 saturated heterocycles. The molecule has 1 aromatic heterocycles. The number of phenolic OH excluding ortho intramolecular Hbond substituents is 1.